The quantitative estimate of drug-likeness (QED) is 0.745. The van der Waals surface area contributed by atoms with Crippen molar-refractivity contribution < 1.29 is 14.3 Å². The van der Waals surface area contributed by atoms with E-state index >= 15 is 0 Å². The Hall–Kier alpha value is -1.38. The molecule has 2 aliphatic rings. The van der Waals surface area contributed by atoms with Crippen molar-refractivity contribution in [1.29, 1.82) is 0 Å². The number of ether oxygens (including phenoxy) is 1. The first-order chi connectivity index (χ1) is 12.2. The number of halogens is 2. The molecule has 3 rings (SSSR count). The standard InChI is InChI=1S/C18H26N4O3.2ClH/c23-17(20-15-4-2-1-3-5-15)13-21-7-9-22(10-8-21)18(24)12-16-14-25-11-6-19-16;;/h1-5,16,19H,6-14H2,(H,20,23);2*1H. The number of piperazine rings is 1. The SMILES string of the molecule is Cl.Cl.O=C(CN1CCN(C(=O)CC2COCCN2)CC1)Nc1ccccc1. The molecule has 1 aromatic carbocycles. The van der Waals surface area contributed by atoms with Crippen molar-refractivity contribution in [2.24, 2.45) is 0 Å². The molecule has 27 heavy (non-hydrogen) atoms. The van der Waals surface area contributed by atoms with Crippen LogP contribution < -0.4 is 10.6 Å². The first-order valence-electron chi connectivity index (χ1n) is 8.87. The highest BCUT2D eigenvalue weighted by Crippen LogP contribution is 2.08. The van der Waals surface area contributed by atoms with Crippen molar-refractivity contribution in [2.45, 2.75) is 12.5 Å². The van der Waals surface area contributed by atoms with E-state index in [0.29, 0.717) is 39.3 Å². The third-order valence-electron chi connectivity index (χ3n) is 4.57. The highest BCUT2D eigenvalue weighted by Gasteiger charge is 2.25. The highest BCUT2D eigenvalue weighted by molar-refractivity contribution is 5.92. The van der Waals surface area contributed by atoms with E-state index in [1.807, 2.05) is 35.2 Å². The van der Waals surface area contributed by atoms with Crippen molar-refractivity contribution in [3.63, 3.8) is 0 Å². The zero-order valence-electron chi connectivity index (χ0n) is 15.3. The lowest BCUT2D eigenvalue weighted by molar-refractivity contribution is -0.134. The predicted octanol–water partition coefficient (Wildman–Crippen LogP) is 0.991. The van der Waals surface area contributed by atoms with Crippen molar-refractivity contribution >= 4 is 42.3 Å². The maximum Gasteiger partial charge on any atom is 0.238 e. The summed E-state index contributed by atoms with van der Waals surface area (Å²) in [6.45, 7) is 5.28. The summed E-state index contributed by atoms with van der Waals surface area (Å²) in [6.07, 6.45) is 0.481. The molecule has 2 aliphatic heterocycles. The second-order valence-electron chi connectivity index (χ2n) is 6.50. The topological polar surface area (TPSA) is 73.9 Å². The van der Waals surface area contributed by atoms with Crippen molar-refractivity contribution in [3.05, 3.63) is 30.3 Å². The second-order valence-corrected chi connectivity index (χ2v) is 6.50. The van der Waals surface area contributed by atoms with Crippen LogP contribution in [0.5, 0.6) is 0 Å². The molecule has 0 radical (unpaired) electrons. The van der Waals surface area contributed by atoms with E-state index in [0.717, 1.165) is 25.3 Å². The van der Waals surface area contributed by atoms with Gasteiger partial charge < -0.3 is 20.3 Å². The largest absolute Gasteiger partial charge is 0.378 e. The molecule has 7 nitrogen and oxygen atoms in total. The summed E-state index contributed by atoms with van der Waals surface area (Å²) in [5.74, 6) is 0.144. The van der Waals surface area contributed by atoms with Crippen LogP contribution in [0.2, 0.25) is 0 Å². The first-order valence-corrected chi connectivity index (χ1v) is 8.87. The third kappa shape index (κ3) is 7.63. The normalized spacial score (nSPS) is 20.1. The summed E-state index contributed by atoms with van der Waals surface area (Å²) >= 11 is 0. The van der Waals surface area contributed by atoms with E-state index in [4.69, 9.17) is 4.74 Å². The third-order valence-corrected chi connectivity index (χ3v) is 4.57. The fourth-order valence-corrected chi connectivity index (χ4v) is 3.17. The average Bonchev–Trinajstić information content (AvgIpc) is 2.64. The van der Waals surface area contributed by atoms with Gasteiger partial charge >= 0.3 is 0 Å². The number of morpholine rings is 1. The molecule has 1 atom stereocenters. The smallest absolute Gasteiger partial charge is 0.238 e. The van der Waals surface area contributed by atoms with Crippen molar-refractivity contribution in [1.82, 2.24) is 15.1 Å². The van der Waals surface area contributed by atoms with Crippen LogP contribution in [-0.2, 0) is 14.3 Å². The van der Waals surface area contributed by atoms with Gasteiger partial charge in [0.25, 0.3) is 0 Å². The number of hydrogen-bond donors (Lipinski definition) is 2. The Morgan fingerprint density at radius 1 is 1.11 bits per heavy atom. The number of amides is 2. The van der Waals surface area contributed by atoms with Crippen LogP contribution in [0.15, 0.2) is 30.3 Å². The summed E-state index contributed by atoms with van der Waals surface area (Å²) < 4.78 is 5.39. The van der Waals surface area contributed by atoms with Crippen molar-refractivity contribution in [2.75, 3.05) is 57.8 Å². The lowest BCUT2D eigenvalue weighted by Crippen LogP contribution is -2.52. The second kappa shape index (κ2) is 12.2. The molecule has 1 unspecified atom stereocenters. The van der Waals surface area contributed by atoms with Gasteiger partial charge in [0.15, 0.2) is 0 Å². The van der Waals surface area contributed by atoms with E-state index in [-0.39, 0.29) is 42.7 Å². The van der Waals surface area contributed by atoms with Crippen molar-refractivity contribution in [3.8, 4) is 0 Å². The molecule has 9 heteroatoms. The number of hydrogen-bond acceptors (Lipinski definition) is 5. The summed E-state index contributed by atoms with van der Waals surface area (Å²) in [7, 11) is 0. The number of nitrogens with one attached hydrogen (secondary N) is 2. The molecule has 2 heterocycles. The molecule has 0 bridgehead atoms. The van der Waals surface area contributed by atoms with Gasteiger partial charge in [0, 0.05) is 50.9 Å². The Balaban J connectivity index is 0.00000182. The highest BCUT2D eigenvalue weighted by atomic mass is 35.5. The number of benzene rings is 1. The lowest BCUT2D eigenvalue weighted by atomic mass is 10.1. The number of carbonyl (C=O) groups is 2. The Kier molecular flexibility index (Phi) is 10.6. The van der Waals surface area contributed by atoms with E-state index in [1.54, 1.807) is 0 Å². The summed E-state index contributed by atoms with van der Waals surface area (Å²) in [5.41, 5.74) is 0.809. The monoisotopic (exact) mass is 418 g/mol. The maximum atomic E-state index is 12.4. The van der Waals surface area contributed by atoms with Gasteiger partial charge in [-0.1, -0.05) is 18.2 Å². The van der Waals surface area contributed by atoms with Gasteiger partial charge in [-0.2, -0.15) is 0 Å². The fourth-order valence-electron chi connectivity index (χ4n) is 3.17. The molecular weight excluding hydrogens is 391 g/mol. The molecule has 2 saturated heterocycles. The Morgan fingerprint density at radius 2 is 1.81 bits per heavy atom. The van der Waals surface area contributed by atoms with Gasteiger partial charge in [0.2, 0.25) is 11.8 Å². The average molecular weight is 419 g/mol. The minimum Gasteiger partial charge on any atom is -0.378 e. The number of nitrogens with zero attached hydrogens (tertiary/aromatic N) is 2. The molecule has 0 aromatic heterocycles. The summed E-state index contributed by atoms with van der Waals surface area (Å²) in [6, 6.07) is 9.57. The van der Waals surface area contributed by atoms with Crippen LogP contribution in [0.1, 0.15) is 6.42 Å². The number of rotatable bonds is 5. The fraction of sp³-hybridized carbons (Fsp3) is 0.556. The van der Waals surface area contributed by atoms with Crippen LogP contribution in [0.4, 0.5) is 5.69 Å². The zero-order valence-corrected chi connectivity index (χ0v) is 16.9. The molecule has 0 spiro atoms. The summed E-state index contributed by atoms with van der Waals surface area (Å²) in [5, 5.41) is 6.21. The molecule has 0 saturated carbocycles. The van der Waals surface area contributed by atoms with Crippen LogP contribution >= 0.6 is 24.8 Å². The van der Waals surface area contributed by atoms with Crippen LogP contribution in [0.3, 0.4) is 0 Å². The van der Waals surface area contributed by atoms with E-state index in [2.05, 4.69) is 15.5 Å². The van der Waals surface area contributed by atoms with Gasteiger partial charge in [-0.15, -0.1) is 24.8 Å². The minimum atomic E-state index is -0.0190. The molecule has 2 fully saturated rings. The predicted molar refractivity (Wildman–Crippen MR) is 110 cm³/mol. The molecule has 2 amide bonds. The number of anilines is 1. The maximum absolute atomic E-state index is 12.4. The van der Waals surface area contributed by atoms with Gasteiger partial charge in [-0.25, -0.2) is 0 Å². The molecular formula is C18H28Cl2N4O3. The first kappa shape index (κ1) is 23.7. The number of para-hydroxylation sites is 1. The Morgan fingerprint density at radius 3 is 2.44 bits per heavy atom. The van der Waals surface area contributed by atoms with Crippen LogP contribution in [0.25, 0.3) is 0 Å². The van der Waals surface area contributed by atoms with Gasteiger partial charge in [-0.05, 0) is 12.1 Å². The molecule has 2 N–H and O–H groups in total. The van der Waals surface area contributed by atoms with E-state index in [9.17, 15) is 9.59 Å². The summed E-state index contributed by atoms with van der Waals surface area (Å²) in [4.78, 5) is 28.5. The minimum absolute atomic E-state index is 0. The molecule has 152 valence electrons. The van der Waals surface area contributed by atoms with Crippen LogP contribution in [-0.4, -0.2) is 80.1 Å². The zero-order chi connectivity index (χ0) is 17.5. The molecule has 1 aromatic rings. The number of carbonyl (C=O) groups excluding carboxylic acids is 2. The van der Waals surface area contributed by atoms with Crippen LogP contribution in [0, 0.1) is 0 Å². The Labute approximate surface area is 172 Å². The van der Waals surface area contributed by atoms with Gasteiger partial charge in [0.05, 0.1) is 19.8 Å². The Bertz CT molecular complexity index is 577. The van der Waals surface area contributed by atoms with Gasteiger partial charge in [-0.3, -0.25) is 14.5 Å². The van der Waals surface area contributed by atoms with Gasteiger partial charge in [0.1, 0.15) is 0 Å². The van der Waals surface area contributed by atoms with E-state index < -0.39 is 0 Å². The van der Waals surface area contributed by atoms with E-state index in [1.165, 1.54) is 0 Å². The molecule has 0 aliphatic carbocycles. The lowest BCUT2D eigenvalue weighted by Gasteiger charge is -2.35.